The number of sulfonamides is 1. The Balaban J connectivity index is 0.00000272. The molecule has 0 amide bonds. The van der Waals surface area contributed by atoms with E-state index in [4.69, 9.17) is 9.73 Å². The van der Waals surface area contributed by atoms with Crippen molar-refractivity contribution in [2.75, 3.05) is 33.3 Å². The molecule has 2 aromatic rings. The zero-order chi connectivity index (χ0) is 21.0. The Morgan fingerprint density at radius 1 is 1.10 bits per heavy atom. The number of ether oxygens (including phenoxy) is 1. The Hall–Kier alpha value is -2.13. The number of amidine groups is 1. The third-order valence-corrected chi connectivity index (χ3v) is 7.81. The summed E-state index contributed by atoms with van der Waals surface area (Å²) >= 11 is 0. The van der Waals surface area contributed by atoms with Crippen LogP contribution < -0.4 is 15.4 Å². The maximum Gasteiger partial charge on any atom is 0.243 e. The monoisotopic (exact) mass is 464 g/mol. The highest BCUT2D eigenvalue weighted by atomic mass is 35.5. The number of methoxy groups -OCH3 is 1. The first kappa shape index (κ1) is 23.5. The molecule has 0 bridgehead atoms. The lowest BCUT2D eigenvalue weighted by atomic mass is 9.85. The first-order valence-electron chi connectivity index (χ1n) is 10.3. The zero-order valence-corrected chi connectivity index (χ0v) is 19.2. The molecule has 2 heterocycles. The molecule has 1 fully saturated rings. The van der Waals surface area contributed by atoms with Gasteiger partial charge in [-0.25, -0.2) is 8.42 Å². The molecule has 1 spiro atoms. The van der Waals surface area contributed by atoms with Crippen molar-refractivity contribution in [3.63, 3.8) is 0 Å². The average Bonchev–Trinajstić information content (AvgIpc) is 2.80. The molecule has 0 saturated carbocycles. The second-order valence-corrected chi connectivity index (χ2v) is 9.56. The molecule has 31 heavy (non-hydrogen) atoms. The van der Waals surface area contributed by atoms with Gasteiger partial charge >= 0.3 is 0 Å². The van der Waals surface area contributed by atoms with Crippen molar-refractivity contribution in [2.45, 2.75) is 29.8 Å². The van der Waals surface area contributed by atoms with Crippen LogP contribution in [0.5, 0.6) is 5.75 Å². The molecule has 2 aliphatic heterocycles. The second-order valence-electron chi connectivity index (χ2n) is 7.62. The van der Waals surface area contributed by atoms with Gasteiger partial charge in [-0.15, -0.1) is 12.4 Å². The van der Waals surface area contributed by atoms with E-state index in [0.29, 0.717) is 43.9 Å². The third kappa shape index (κ3) is 4.87. The lowest BCUT2D eigenvalue weighted by Crippen LogP contribution is -2.64. The SMILES string of the molecule is COc1ccccc1CNC1=NCCNC12CCN(S(=O)(=O)c1ccccc1)CC2.Cl. The number of piperidine rings is 1. The van der Waals surface area contributed by atoms with Crippen LogP contribution in [0.1, 0.15) is 18.4 Å². The van der Waals surface area contributed by atoms with Gasteiger partial charge in [0.1, 0.15) is 11.6 Å². The van der Waals surface area contributed by atoms with Gasteiger partial charge in [0.15, 0.2) is 0 Å². The number of nitrogens with zero attached hydrogens (tertiary/aromatic N) is 2. The van der Waals surface area contributed by atoms with Crippen molar-refractivity contribution in [1.29, 1.82) is 0 Å². The molecule has 0 atom stereocenters. The fourth-order valence-electron chi connectivity index (χ4n) is 4.21. The highest BCUT2D eigenvalue weighted by molar-refractivity contribution is 7.89. The fraction of sp³-hybridized carbons (Fsp3) is 0.409. The first-order chi connectivity index (χ1) is 14.5. The van der Waals surface area contributed by atoms with Crippen molar-refractivity contribution < 1.29 is 13.2 Å². The number of rotatable bonds is 5. The van der Waals surface area contributed by atoms with Gasteiger partial charge in [0.25, 0.3) is 0 Å². The van der Waals surface area contributed by atoms with Crippen molar-refractivity contribution in [2.24, 2.45) is 4.99 Å². The number of nitrogens with one attached hydrogen (secondary N) is 2. The van der Waals surface area contributed by atoms with Crippen LogP contribution in [0.3, 0.4) is 0 Å². The van der Waals surface area contributed by atoms with Crippen LogP contribution in [0.25, 0.3) is 0 Å². The number of halogens is 1. The molecule has 2 aliphatic rings. The van der Waals surface area contributed by atoms with Gasteiger partial charge in [-0.2, -0.15) is 4.31 Å². The van der Waals surface area contributed by atoms with Gasteiger partial charge in [0.05, 0.1) is 24.1 Å². The molecule has 0 aromatic heterocycles. The van der Waals surface area contributed by atoms with Crippen LogP contribution in [-0.4, -0.2) is 57.4 Å². The molecule has 7 nitrogen and oxygen atoms in total. The predicted molar refractivity (Wildman–Crippen MR) is 125 cm³/mol. The van der Waals surface area contributed by atoms with E-state index in [2.05, 4.69) is 10.6 Å². The Morgan fingerprint density at radius 3 is 2.48 bits per heavy atom. The van der Waals surface area contributed by atoms with Crippen LogP contribution in [0.4, 0.5) is 0 Å². The van der Waals surface area contributed by atoms with Gasteiger partial charge in [-0.05, 0) is 31.0 Å². The van der Waals surface area contributed by atoms with Crippen LogP contribution >= 0.6 is 12.4 Å². The zero-order valence-electron chi connectivity index (χ0n) is 17.6. The normalized spacial score (nSPS) is 18.7. The standard InChI is InChI=1S/C22H28N4O3S.ClH/c1-29-20-10-6-5-7-18(20)17-24-21-22(25-14-13-23-21)11-15-26(16-12-22)30(27,28)19-8-3-2-4-9-19;/h2-10,25H,11-17H2,1H3,(H,23,24);1H. The van der Waals surface area contributed by atoms with E-state index in [1.54, 1.807) is 35.7 Å². The van der Waals surface area contributed by atoms with E-state index in [0.717, 1.165) is 23.7 Å². The van der Waals surface area contributed by atoms with Crippen molar-refractivity contribution in [1.82, 2.24) is 14.9 Å². The van der Waals surface area contributed by atoms with Crippen molar-refractivity contribution in [3.05, 3.63) is 60.2 Å². The summed E-state index contributed by atoms with van der Waals surface area (Å²) in [5.74, 6) is 1.75. The van der Waals surface area contributed by atoms with Gasteiger partial charge in [-0.1, -0.05) is 36.4 Å². The summed E-state index contributed by atoms with van der Waals surface area (Å²) in [5, 5.41) is 7.11. The molecular weight excluding hydrogens is 436 g/mol. The summed E-state index contributed by atoms with van der Waals surface area (Å²) in [6.07, 6.45) is 1.35. The van der Waals surface area contributed by atoms with Gasteiger partial charge in [0, 0.05) is 31.7 Å². The number of para-hydroxylation sites is 1. The van der Waals surface area contributed by atoms with Crippen LogP contribution in [0.15, 0.2) is 64.5 Å². The Morgan fingerprint density at radius 2 is 1.77 bits per heavy atom. The van der Waals surface area contributed by atoms with Crippen LogP contribution in [0.2, 0.25) is 0 Å². The fourth-order valence-corrected chi connectivity index (χ4v) is 5.68. The lowest BCUT2D eigenvalue weighted by molar-refractivity contribution is 0.241. The van der Waals surface area contributed by atoms with E-state index < -0.39 is 10.0 Å². The maximum absolute atomic E-state index is 13.0. The predicted octanol–water partition coefficient (Wildman–Crippen LogP) is 2.43. The van der Waals surface area contributed by atoms with Gasteiger partial charge in [-0.3, -0.25) is 4.99 Å². The van der Waals surface area contributed by atoms with Gasteiger partial charge in [0.2, 0.25) is 10.0 Å². The Labute approximate surface area is 190 Å². The first-order valence-corrected chi connectivity index (χ1v) is 11.7. The summed E-state index contributed by atoms with van der Waals surface area (Å²) in [6, 6.07) is 16.6. The summed E-state index contributed by atoms with van der Waals surface area (Å²) < 4.78 is 33.0. The number of aliphatic imine (C=N–C) groups is 1. The highest BCUT2D eigenvalue weighted by Gasteiger charge is 2.43. The van der Waals surface area contributed by atoms with Crippen molar-refractivity contribution in [3.8, 4) is 5.75 Å². The van der Waals surface area contributed by atoms with Crippen LogP contribution in [0, 0.1) is 0 Å². The van der Waals surface area contributed by atoms with Crippen molar-refractivity contribution >= 4 is 28.3 Å². The molecule has 2 N–H and O–H groups in total. The smallest absolute Gasteiger partial charge is 0.243 e. The topological polar surface area (TPSA) is 83.0 Å². The number of hydrogen-bond donors (Lipinski definition) is 2. The largest absolute Gasteiger partial charge is 0.496 e. The Kier molecular flexibility index (Phi) is 7.59. The third-order valence-electron chi connectivity index (χ3n) is 5.89. The molecule has 0 unspecified atom stereocenters. The molecule has 1 saturated heterocycles. The molecule has 168 valence electrons. The number of hydrogen-bond acceptors (Lipinski definition) is 6. The van der Waals surface area contributed by atoms with E-state index >= 15 is 0 Å². The molecule has 4 rings (SSSR count). The quantitative estimate of drug-likeness (QED) is 0.710. The maximum atomic E-state index is 13.0. The Bertz CT molecular complexity index is 1010. The lowest BCUT2D eigenvalue weighted by Gasteiger charge is -2.44. The molecular formula is C22H29ClN4O3S. The minimum Gasteiger partial charge on any atom is -0.496 e. The molecule has 2 aromatic carbocycles. The summed E-state index contributed by atoms with van der Waals surface area (Å²) in [6.45, 7) is 3.03. The van der Waals surface area contributed by atoms with Gasteiger partial charge < -0.3 is 15.4 Å². The average molecular weight is 465 g/mol. The minimum absolute atomic E-state index is 0. The molecule has 9 heteroatoms. The van der Waals surface area contributed by atoms with E-state index in [1.165, 1.54) is 0 Å². The number of benzene rings is 2. The van der Waals surface area contributed by atoms with E-state index in [9.17, 15) is 8.42 Å². The highest BCUT2D eigenvalue weighted by Crippen LogP contribution is 2.29. The van der Waals surface area contributed by atoms with E-state index in [-0.39, 0.29) is 17.9 Å². The summed E-state index contributed by atoms with van der Waals surface area (Å²) in [4.78, 5) is 5.10. The minimum atomic E-state index is -3.47. The van der Waals surface area contributed by atoms with E-state index in [1.807, 2.05) is 30.3 Å². The second kappa shape index (κ2) is 9.99. The summed E-state index contributed by atoms with van der Waals surface area (Å²) in [7, 11) is -1.80. The summed E-state index contributed by atoms with van der Waals surface area (Å²) in [5.41, 5.74) is 0.746. The van der Waals surface area contributed by atoms with Crippen LogP contribution in [-0.2, 0) is 16.6 Å². The molecule has 0 aliphatic carbocycles. The molecule has 0 radical (unpaired) electrons.